The number of carbonyl (C=O) groups is 4. The largest absolute Gasteiger partial charge is 0.506 e. The molecule has 0 aliphatic heterocycles. The molecule has 2 amide bonds. The Morgan fingerprint density at radius 2 is 1.09 bits per heavy atom. The van der Waals surface area contributed by atoms with Gasteiger partial charge in [0.05, 0.1) is 37.7 Å². The van der Waals surface area contributed by atoms with Crippen LogP contribution in [0.25, 0.3) is 0 Å². The minimum Gasteiger partial charge on any atom is -0.506 e. The Balaban J connectivity index is 1.51. The van der Waals surface area contributed by atoms with Gasteiger partial charge in [-0.25, -0.2) is 0 Å². The predicted molar refractivity (Wildman–Crippen MR) is 172 cm³/mol. The molecule has 8 N–H and O–H groups in total. The fourth-order valence-electron chi connectivity index (χ4n) is 5.23. The van der Waals surface area contributed by atoms with Crippen molar-refractivity contribution in [2.75, 3.05) is 26.2 Å². The van der Waals surface area contributed by atoms with Gasteiger partial charge in [-0.1, -0.05) is 0 Å². The lowest BCUT2D eigenvalue weighted by Gasteiger charge is -2.28. The maximum atomic E-state index is 11.9. The smallest absolute Gasteiger partial charge is 0.317 e. The zero-order valence-electron chi connectivity index (χ0n) is 28.8. The molecule has 4 heterocycles. The second-order valence-electron chi connectivity index (χ2n) is 11.8. The van der Waals surface area contributed by atoms with E-state index >= 15 is 0 Å². The van der Waals surface area contributed by atoms with E-state index in [1.54, 1.807) is 0 Å². The predicted octanol–water partition coefficient (Wildman–Crippen LogP) is -2.15. The van der Waals surface area contributed by atoms with Gasteiger partial charge in [0.1, 0.15) is 24.7 Å². The molecule has 0 unspecified atom stereocenters. The molecular formula is C30H36N10O14. The highest BCUT2D eigenvalue weighted by molar-refractivity contribution is 5.90. The third kappa shape index (κ3) is 10.1. The van der Waals surface area contributed by atoms with Gasteiger partial charge in [0.15, 0.2) is 0 Å². The molecule has 0 saturated carbocycles. The fourth-order valence-corrected chi connectivity index (χ4v) is 5.23. The third-order valence-corrected chi connectivity index (χ3v) is 7.90. The van der Waals surface area contributed by atoms with Crippen LogP contribution in [-0.2, 0) is 58.6 Å². The van der Waals surface area contributed by atoms with Crippen LogP contribution < -0.4 is 21.3 Å². The summed E-state index contributed by atoms with van der Waals surface area (Å²) in [4.78, 5) is 57.8. The summed E-state index contributed by atoms with van der Waals surface area (Å²) in [6.45, 7) is 0.247. The minimum absolute atomic E-state index is 0.0565. The Morgan fingerprint density at radius 3 is 1.43 bits per heavy atom. The molecule has 0 bridgehead atoms. The number of carbonyl (C=O) groups excluding carboxylic acids is 2. The standard InChI is InChI=1S/C30H36N10O14/c1-15-27(45)19(17(5-33-15)11-51-13-21-25(29(31)47)39(49)53-35-21)7-37(9-23(41)42)3-4-38(10-24(43)44)8-20-18(6-34-16(2)28(20)46)12-52-14-22-26(30(32)48)40(50)54-36-22/h5-6,45-46H,3-4,7-14H2,1-2H3,(H2,31,47)(H2,32,48)(H,41,42)(H,43,44). The van der Waals surface area contributed by atoms with Crippen molar-refractivity contribution >= 4 is 23.8 Å². The zero-order chi connectivity index (χ0) is 39.7. The molecule has 4 aromatic rings. The summed E-state index contributed by atoms with van der Waals surface area (Å²) in [6, 6.07) is 0. The van der Waals surface area contributed by atoms with E-state index in [0.717, 1.165) is 0 Å². The lowest BCUT2D eigenvalue weighted by atomic mass is 10.1. The highest BCUT2D eigenvalue weighted by Gasteiger charge is 2.27. The van der Waals surface area contributed by atoms with Crippen molar-refractivity contribution in [2.24, 2.45) is 11.5 Å². The van der Waals surface area contributed by atoms with Crippen LogP contribution in [0.4, 0.5) is 0 Å². The molecular weight excluding hydrogens is 724 g/mol. The first-order valence-electron chi connectivity index (χ1n) is 15.7. The van der Waals surface area contributed by atoms with Crippen LogP contribution in [0.2, 0.25) is 0 Å². The van der Waals surface area contributed by atoms with Crippen molar-refractivity contribution in [1.82, 2.24) is 30.1 Å². The van der Waals surface area contributed by atoms with Gasteiger partial charge in [0.2, 0.25) is 0 Å². The number of nitrogens with two attached hydrogens (primary N) is 2. The summed E-state index contributed by atoms with van der Waals surface area (Å²) in [6.07, 6.45) is 2.78. The number of pyridine rings is 2. The van der Waals surface area contributed by atoms with E-state index in [2.05, 4.69) is 29.5 Å². The highest BCUT2D eigenvalue weighted by atomic mass is 16.8. The summed E-state index contributed by atoms with van der Waals surface area (Å²) >= 11 is 0. The lowest BCUT2D eigenvalue weighted by Crippen LogP contribution is -2.39. The maximum absolute atomic E-state index is 11.9. The van der Waals surface area contributed by atoms with Gasteiger partial charge in [-0.3, -0.25) is 48.2 Å². The summed E-state index contributed by atoms with van der Waals surface area (Å²) in [7, 11) is 0. The quantitative estimate of drug-likeness (QED) is 0.0493. The van der Waals surface area contributed by atoms with Crippen molar-refractivity contribution in [3.63, 3.8) is 0 Å². The molecule has 290 valence electrons. The molecule has 24 nitrogen and oxygen atoms in total. The number of amides is 2. The number of primary amides is 2. The second kappa shape index (κ2) is 17.8. The Hall–Kier alpha value is -6.50. The van der Waals surface area contributed by atoms with Crippen LogP contribution >= 0.6 is 0 Å². The van der Waals surface area contributed by atoms with Crippen molar-refractivity contribution in [1.29, 1.82) is 0 Å². The molecule has 4 aromatic heterocycles. The first-order valence-corrected chi connectivity index (χ1v) is 15.7. The monoisotopic (exact) mass is 760 g/mol. The van der Waals surface area contributed by atoms with Gasteiger partial charge in [-0.15, -0.1) is 0 Å². The number of nitrogens with zero attached hydrogens (tertiary/aromatic N) is 8. The number of aromatic nitrogens is 6. The molecule has 0 aliphatic carbocycles. The van der Waals surface area contributed by atoms with E-state index in [0.29, 0.717) is 11.1 Å². The SMILES string of the molecule is Cc1ncc(COCc2no[n+]([O-])c2C(N)=O)c(CN(CCN(CC(=O)O)Cc2c(COCc3no[n+]([O-])c3C(N)=O)cnc(C)c2O)CC(=O)O)c1O. The molecule has 0 atom stereocenters. The van der Waals surface area contributed by atoms with E-state index in [4.69, 9.17) is 20.9 Å². The summed E-state index contributed by atoms with van der Waals surface area (Å²) in [5.41, 5.74) is 10.5. The van der Waals surface area contributed by atoms with Gasteiger partial charge in [0.25, 0.3) is 34.6 Å². The Bertz CT molecular complexity index is 1870. The highest BCUT2D eigenvalue weighted by Crippen LogP contribution is 2.28. The lowest BCUT2D eigenvalue weighted by molar-refractivity contribution is -0.803. The summed E-state index contributed by atoms with van der Waals surface area (Å²) in [5.74, 6) is -5.16. The number of carboxylic acids is 2. The number of aromatic hydroxyl groups is 2. The number of aliphatic carboxylic acids is 2. The average molecular weight is 761 g/mol. The molecule has 24 heteroatoms. The van der Waals surface area contributed by atoms with Gasteiger partial charge < -0.3 is 51.8 Å². The molecule has 54 heavy (non-hydrogen) atoms. The third-order valence-electron chi connectivity index (χ3n) is 7.90. The number of aryl methyl sites for hydroxylation is 2. The van der Waals surface area contributed by atoms with E-state index in [1.165, 1.54) is 36.0 Å². The van der Waals surface area contributed by atoms with Gasteiger partial charge in [0, 0.05) is 71.1 Å². The fraction of sp³-hybridized carbons (Fsp3) is 0.400. The number of carboxylic acid groups (broad SMARTS) is 2. The van der Waals surface area contributed by atoms with Gasteiger partial charge in [-0.05, 0) is 23.7 Å². The van der Waals surface area contributed by atoms with Crippen LogP contribution in [0.15, 0.2) is 21.7 Å². The van der Waals surface area contributed by atoms with Crippen LogP contribution in [0.3, 0.4) is 0 Å². The second-order valence-corrected chi connectivity index (χ2v) is 11.8. The van der Waals surface area contributed by atoms with Crippen LogP contribution in [0, 0.1) is 24.3 Å². The Labute approximate surface area is 303 Å². The summed E-state index contributed by atoms with van der Waals surface area (Å²) < 4.78 is 20.0. The number of hydrogen-bond donors (Lipinski definition) is 6. The molecule has 4 rings (SSSR count). The van der Waals surface area contributed by atoms with E-state index in [9.17, 15) is 50.0 Å². The Kier molecular flexibility index (Phi) is 13.3. The maximum Gasteiger partial charge on any atom is 0.317 e. The number of rotatable bonds is 21. The van der Waals surface area contributed by atoms with E-state index in [1.807, 2.05) is 0 Å². The first kappa shape index (κ1) is 40.3. The van der Waals surface area contributed by atoms with Gasteiger partial charge in [-0.2, -0.15) is 0 Å². The number of ether oxygens (including phenoxy) is 2. The van der Waals surface area contributed by atoms with E-state index < -0.39 is 61.4 Å². The number of hydrogen-bond acceptors (Lipinski definition) is 18. The zero-order valence-corrected chi connectivity index (χ0v) is 28.8. The van der Waals surface area contributed by atoms with Crippen LogP contribution in [-0.4, -0.2) is 100 Å². The molecule has 0 spiro atoms. The molecule has 0 fully saturated rings. The van der Waals surface area contributed by atoms with Crippen molar-refractivity contribution < 1.29 is 68.1 Å². The van der Waals surface area contributed by atoms with Gasteiger partial charge >= 0.3 is 11.9 Å². The van der Waals surface area contributed by atoms with Crippen molar-refractivity contribution in [3.8, 4) is 11.5 Å². The van der Waals surface area contributed by atoms with E-state index in [-0.39, 0.29) is 94.6 Å². The Morgan fingerprint density at radius 1 is 0.722 bits per heavy atom. The topological polar surface area (TPSA) is 358 Å². The summed E-state index contributed by atoms with van der Waals surface area (Å²) in [5, 5.41) is 71.6. The van der Waals surface area contributed by atoms with Crippen LogP contribution in [0.5, 0.6) is 11.5 Å². The molecule has 0 aliphatic rings. The molecule has 0 saturated heterocycles. The minimum atomic E-state index is -1.23. The van der Waals surface area contributed by atoms with Crippen molar-refractivity contribution in [3.05, 3.63) is 79.2 Å². The average Bonchev–Trinajstić information content (AvgIpc) is 3.66. The first-order chi connectivity index (χ1) is 25.6. The van der Waals surface area contributed by atoms with Crippen molar-refractivity contribution in [2.45, 2.75) is 53.4 Å². The normalized spacial score (nSPS) is 11.4. The molecule has 0 aromatic carbocycles. The molecule has 0 radical (unpaired) electrons. The van der Waals surface area contributed by atoms with Crippen LogP contribution in [0.1, 0.15) is 66.0 Å².